The molecule has 1 amide bonds. The molecule has 0 heterocycles. The minimum absolute atomic E-state index is 0.107. The molecule has 0 saturated heterocycles. The zero-order valence-electron chi connectivity index (χ0n) is 15.6. The van der Waals surface area contributed by atoms with Crippen LogP contribution in [0.1, 0.15) is 31.9 Å². The SMILES string of the molecule is COc1ccc(C(NC(=O)CCS(=O)(=O)c2ccc(Cl)cc2)C(C)C)cc1. The zero-order chi connectivity index (χ0) is 20.0. The second-order valence-electron chi connectivity index (χ2n) is 6.59. The summed E-state index contributed by atoms with van der Waals surface area (Å²) < 4.78 is 29.9. The summed E-state index contributed by atoms with van der Waals surface area (Å²) in [6.07, 6.45) is -0.107. The quantitative estimate of drug-likeness (QED) is 0.714. The van der Waals surface area contributed by atoms with Crippen LogP contribution >= 0.6 is 11.6 Å². The summed E-state index contributed by atoms with van der Waals surface area (Å²) in [5, 5.41) is 3.40. The number of carbonyl (C=O) groups excluding carboxylic acids is 1. The summed E-state index contributed by atoms with van der Waals surface area (Å²) in [6, 6.07) is 13.2. The molecule has 5 nitrogen and oxygen atoms in total. The summed E-state index contributed by atoms with van der Waals surface area (Å²) in [5.41, 5.74) is 0.944. The molecule has 7 heteroatoms. The van der Waals surface area contributed by atoms with E-state index in [2.05, 4.69) is 5.32 Å². The van der Waals surface area contributed by atoms with Gasteiger partial charge in [0.25, 0.3) is 0 Å². The largest absolute Gasteiger partial charge is 0.497 e. The Kier molecular flexibility index (Phi) is 7.27. The van der Waals surface area contributed by atoms with Crippen molar-refractivity contribution in [1.82, 2.24) is 5.32 Å². The zero-order valence-corrected chi connectivity index (χ0v) is 17.2. The van der Waals surface area contributed by atoms with Crippen LogP contribution in [0, 0.1) is 5.92 Å². The Morgan fingerprint density at radius 3 is 2.19 bits per heavy atom. The Bertz CT molecular complexity index is 862. The van der Waals surface area contributed by atoms with Crippen molar-refractivity contribution in [2.75, 3.05) is 12.9 Å². The molecule has 0 aliphatic carbocycles. The standard InChI is InChI=1S/C20H24ClNO4S/c1-14(2)20(15-4-8-17(26-3)9-5-15)22-19(23)12-13-27(24,25)18-10-6-16(21)7-11-18/h4-11,14,20H,12-13H2,1-3H3,(H,22,23). The molecule has 2 rings (SSSR count). The van der Waals surface area contributed by atoms with Gasteiger partial charge in [0, 0.05) is 11.4 Å². The fraction of sp³-hybridized carbons (Fsp3) is 0.350. The van der Waals surface area contributed by atoms with E-state index in [0.29, 0.717) is 5.02 Å². The van der Waals surface area contributed by atoms with E-state index in [-0.39, 0.29) is 34.9 Å². The van der Waals surface area contributed by atoms with Gasteiger partial charge in [-0.2, -0.15) is 0 Å². The average Bonchev–Trinajstić information content (AvgIpc) is 2.65. The first kappa shape index (κ1) is 21.3. The van der Waals surface area contributed by atoms with Crippen LogP contribution in [-0.2, 0) is 14.6 Å². The molecule has 1 atom stereocenters. The van der Waals surface area contributed by atoms with Crippen molar-refractivity contribution in [1.29, 1.82) is 0 Å². The molecular formula is C20H24ClNO4S. The first-order valence-electron chi connectivity index (χ1n) is 8.64. The molecule has 0 spiro atoms. The maximum Gasteiger partial charge on any atom is 0.221 e. The van der Waals surface area contributed by atoms with Crippen molar-refractivity contribution >= 4 is 27.3 Å². The molecule has 0 aliphatic rings. The van der Waals surface area contributed by atoms with E-state index < -0.39 is 9.84 Å². The van der Waals surface area contributed by atoms with Crippen LogP contribution < -0.4 is 10.1 Å². The highest BCUT2D eigenvalue weighted by Crippen LogP contribution is 2.24. The third-order valence-electron chi connectivity index (χ3n) is 4.23. The monoisotopic (exact) mass is 409 g/mol. The number of ether oxygens (including phenoxy) is 1. The minimum atomic E-state index is -3.54. The van der Waals surface area contributed by atoms with Gasteiger partial charge < -0.3 is 10.1 Å². The Morgan fingerprint density at radius 1 is 1.07 bits per heavy atom. The number of hydrogen-bond donors (Lipinski definition) is 1. The number of amides is 1. The Balaban J connectivity index is 2.02. The number of methoxy groups -OCH3 is 1. The highest BCUT2D eigenvalue weighted by molar-refractivity contribution is 7.91. The molecule has 146 valence electrons. The van der Waals surface area contributed by atoms with E-state index in [9.17, 15) is 13.2 Å². The van der Waals surface area contributed by atoms with E-state index in [0.717, 1.165) is 11.3 Å². The molecule has 1 unspecified atom stereocenters. The fourth-order valence-electron chi connectivity index (χ4n) is 2.68. The van der Waals surface area contributed by atoms with Crippen LogP contribution in [0.4, 0.5) is 0 Å². The molecule has 0 radical (unpaired) electrons. The van der Waals surface area contributed by atoms with Crippen molar-refractivity contribution in [3.63, 3.8) is 0 Å². The van der Waals surface area contributed by atoms with Crippen LogP contribution in [0.5, 0.6) is 5.75 Å². The number of benzene rings is 2. The maximum atomic E-state index is 12.4. The van der Waals surface area contributed by atoms with Crippen molar-refractivity contribution in [2.24, 2.45) is 5.92 Å². The molecule has 0 aromatic heterocycles. The van der Waals surface area contributed by atoms with Crippen LogP contribution in [0.25, 0.3) is 0 Å². The molecule has 2 aromatic carbocycles. The predicted molar refractivity (Wildman–Crippen MR) is 107 cm³/mol. The highest BCUT2D eigenvalue weighted by Gasteiger charge is 2.21. The third-order valence-corrected chi connectivity index (χ3v) is 6.21. The van der Waals surface area contributed by atoms with Crippen molar-refractivity contribution < 1.29 is 17.9 Å². The van der Waals surface area contributed by atoms with Gasteiger partial charge in [-0.15, -0.1) is 0 Å². The van der Waals surface area contributed by atoms with Gasteiger partial charge in [0.15, 0.2) is 9.84 Å². The molecule has 0 bridgehead atoms. The Morgan fingerprint density at radius 2 is 1.67 bits per heavy atom. The molecule has 0 saturated carbocycles. The second kappa shape index (κ2) is 9.24. The topological polar surface area (TPSA) is 72.5 Å². The molecular weight excluding hydrogens is 386 g/mol. The lowest BCUT2D eigenvalue weighted by atomic mass is 9.96. The van der Waals surface area contributed by atoms with E-state index >= 15 is 0 Å². The number of hydrogen-bond acceptors (Lipinski definition) is 4. The highest BCUT2D eigenvalue weighted by atomic mass is 35.5. The van der Waals surface area contributed by atoms with E-state index in [1.807, 2.05) is 38.1 Å². The number of nitrogens with one attached hydrogen (secondary N) is 1. The summed E-state index contributed by atoms with van der Waals surface area (Å²) in [5.74, 6) is 0.326. The number of sulfone groups is 1. The Hall–Kier alpha value is -2.05. The average molecular weight is 410 g/mol. The maximum absolute atomic E-state index is 12.4. The minimum Gasteiger partial charge on any atom is -0.497 e. The Labute approximate surface area is 165 Å². The van der Waals surface area contributed by atoms with Crippen LogP contribution in [0.3, 0.4) is 0 Å². The lowest BCUT2D eigenvalue weighted by Gasteiger charge is -2.23. The molecule has 27 heavy (non-hydrogen) atoms. The normalized spacial score (nSPS) is 12.6. The van der Waals surface area contributed by atoms with Gasteiger partial charge >= 0.3 is 0 Å². The first-order valence-corrected chi connectivity index (χ1v) is 10.7. The van der Waals surface area contributed by atoms with Crippen molar-refractivity contribution in [3.8, 4) is 5.75 Å². The van der Waals surface area contributed by atoms with Crippen molar-refractivity contribution in [2.45, 2.75) is 31.2 Å². The molecule has 2 aromatic rings. The van der Waals surface area contributed by atoms with Crippen LogP contribution in [-0.4, -0.2) is 27.2 Å². The van der Waals surface area contributed by atoms with Crippen LogP contribution in [0.15, 0.2) is 53.4 Å². The summed E-state index contributed by atoms with van der Waals surface area (Å²) in [4.78, 5) is 12.5. The number of rotatable bonds is 8. The lowest BCUT2D eigenvalue weighted by molar-refractivity contribution is -0.121. The van der Waals surface area contributed by atoms with Gasteiger partial charge in [-0.25, -0.2) is 8.42 Å². The second-order valence-corrected chi connectivity index (χ2v) is 9.13. The van der Waals surface area contributed by atoms with Gasteiger partial charge in [-0.3, -0.25) is 4.79 Å². The van der Waals surface area contributed by atoms with Gasteiger partial charge in [-0.05, 0) is 47.9 Å². The number of halogens is 1. The predicted octanol–water partition coefficient (Wildman–Crippen LogP) is 4.03. The van der Waals surface area contributed by atoms with Crippen LogP contribution in [0.2, 0.25) is 5.02 Å². The lowest BCUT2D eigenvalue weighted by Crippen LogP contribution is -2.32. The molecule has 1 N–H and O–H groups in total. The summed E-state index contributed by atoms with van der Waals surface area (Å²) in [7, 11) is -1.94. The van der Waals surface area contributed by atoms with Gasteiger partial charge in [0.05, 0.1) is 23.8 Å². The molecule has 0 fully saturated rings. The first-order chi connectivity index (χ1) is 12.7. The summed E-state index contributed by atoms with van der Waals surface area (Å²) >= 11 is 5.79. The van der Waals surface area contributed by atoms with Crippen molar-refractivity contribution in [3.05, 3.63) is 59.1 Å². The van der Waals surface area contributed by atoms with E-state index in [1.165, 1.54) is 24.3 Å². The van der Waals surface area contributed by atoms with Gasteiger partial charge in [0.2, 0.25) is 5.91 Å². The summed E-state index contributed by atoms with van der Waals surface area (Å²) in [6.45, 7) is 4.00. The van der Waals surface area contributed by atoms with E-state index in [1.54, 1.807) is 7.11 Å². The smallest absolute Gasteiger partial charge is 0.221 e. The van der Waals surface area contributed by atoms with Gasteiger partial charge in [0.1, 0.15) is 5.75 Å². The van der Waals surface area contributed by atoms with E-state index in [4.69, 9.17) is 16.3 Å². The third kappa shape index (κ3) is 5.97. The number of carbonyl (C=O) groups is 1. The fourth-order valence-corrected chi connectivity index (χ4v) is 4.05. The molecule has 0 aliphatic heterocycles. The van der Waals surface area contributed by atoms with Gasteiger partial charge in [-0.1, -0.05) is 37.6 Å².